The minimum absolute atomic E-state index is 0.225. The van der Waals surface area contributed by atoms with Crippen molar-refractivity contribution in [3.8, 4) is 5.75 Å². The average molecular weight is 290 g/mol. The molecular weight excluding hydrogens is 260 g/mol. The van der Waals surface area contributed by atoms with Crippen LogP contribution in [0.15, 0.2) is 24.3 Å². The summed E-state index contributed by atoms with van der Waals surface area (Å²) < 4.78 is 5.78. The lowest BCUT2D eigenvalue weighted by Crippen LogP contribution is -2.35. The summed E-state index contributed by atoms with van der Waals surface area (Å²) in [4.78, 5) is 2.42. The van der Waals surface area contributed by atoms with Crippen LogP contribution in [0.5, 0.6) is 5.75 Å². The minimum Gasteiger partial charge on any atom is -0.491 e. The van der Waals surface area contributed by atoms with Crippen LogP contribution in [0.2, 0.25) is 0 Å². The number of rotatable bonds is 6. The van der Waals surface area contributed by atoms with Crippen molar-refractivity contribution in [3.05, 3.63) is 29.8 Å². The van der Waals surface area contributed by atoms with Gasteiger partial charge < -0.3 is 15.0 Å². The van der Waals surface area contributed by atoms with Gasteiger partial charge in [-0.25, -0.2) is 0 Å². The summed E-state index contributed by atoms with van der Waals surface area (Å²) in [5.74, 6) is 1.79. The lowest BCUT2D eigenvalue weighted by Gasteiger charge is -2.30. The molecule has 1 unspecified atom stereocenters. The van der Waals surface area contributed by atoms with Gasteiger partial charge in [0.05, 0.1) is 6.10 Å². The molecule has 0 bridgehead atoms. The first-order chi connectivity index (χ1) is 10.0. The highest BCUT2D eigenvalue weighted by molar-refractivity contribution is 5.30. The minimum atomic E-state index is 0.225. The number of benzene rings is 1. The molecule has 1 atom stereocenters. The molecule has 0 spiro atoms. The van der Waals surface area contributed by atoms with Gasteiger partial charge in [0, 0.05) is 6.04 Å². The van der Waals surface area contributed by atoms with Crippen molar-refractivity contribution in [2.45, 2.75) is 45.8 Å². The third-order valence-electron chi connectivity index (χ3n) is 4.28. The second-order valence-electron chi connectivity index (χ2n) is 6.62. The van der Waals surface area contributed by atoms with Crippen molar-refractivity contribution in [1.82, 2.24) is 10.2 Å². The van der Waals surface area contributed by atoms with E-state index in [-0.39, 0.29) is 6.10 Å². The predicted molar refractivity (Wildman–Crippen MR) is 88.8 cm³/mol. The van der Waals surface area contributed by atoms with E-state index >= 15 is 0 Å². The van der Waals surface area contributed by atoms with Gasteiger partial charge in [0.15, 0.2) is 0 Å². The molecule has 21 heavy (non-hydrogen) atoms. The number of ether oxygens (including phenoxy) is 1. The molecule has 0 aromatic heterocycles. The fraction of sp³-hybridized carbons (Fsp3) is 0.667. The molecule has 0 radical (unpaired) electrons. The van der Waals surface area contributed by atoms with Crippen LogP contribution in [0.3, 0.4) is 0 Å². The molecule has 1 aliphatic rings. The number of nitrogens with one attached hydrogen (secondary N) is 1. The molecule has 1 aliphatic heterocycles. The van der Waals surface area contributed by atoms with Crippen LogP contribution in [0, 0.1) is 5.92 Å². The second kappa shape index (κ2) is 7.81. The largest absolute Gasteiger partial charge is 0.491 e. The highest BCUT2D eigenvalue weighted by Crippen LogP contribution is 2.21. The lowest BCUT2D eigenvalue weighted by molar-refractivity contribution is 0.213. The Hall–Kier alpha value is -1.06. The van der Waals surface area contributed by atoms with E-state index in [1.807, 2.05) is 6.07 Å². The van der Waals surface area contributed by atoms with Gasteiger partial charge in [-0.05, 0) is 83.9 Å². The van der Waals surface area contributed by atoms with Crippen LogP contribution in [-0.2, 0) is 0 Å². The van der Waals surface area contributed by atoms with E-state index in [4.69, 9.17) is 4.74 Å². The van der Waals surface area contributed by atoms with Crippen LogP contribution in [0.4, 0.5) is 0 Å². The Morgan fingerprint density at radius 2 is 1.95 bits per heavy atom. The zero-order chi connectivity index (χ0) is 15.2. The van der Waals surface area contributed by atoms with Gasteiger partial charge in [-0.2, -0.15) is 0 Å². The summed E-state index contributed by atoms with van der Waals surface area (Å²) in [5, 5.41) is 3.69. The molecule has 3 heteroatoms. The Bertz CT molecular complexity index is 425. The highest BCUT2D eigenvalue weighted by atomic mass is 16.5. The first-order valence-electron chi connectivity index (χ1n) is 8.23. The van der Waals surface area contributed by atoms with Crippen LogP contribution in [0.1, 0.15) is 45.2 Å². The Balaban J connectivity index is 1.83. The smallest absolute Gasteiger partial charge is 0.120 e. The number of nitrogens with zero attached hydrogens (tertiary/aromatic N) is 1. The first-order valence-corrected chi connectivity index (χ1v) is 8.23. The molecule has 1 aromatic rings. The average Bonchev–Trinajstić information content (AvgIpc) is 2.46. The van der Waals surface area contributed by atoms with Crippen LogP contribution in [0.25, 0.3) is 0 Å². The molecular formula is C18H30N2O. The van der Waals surface area contributed by atoms with E-state index in [9.17, 15) is 0 Å². The number of piperidine rings is 1. The zero-order valence-electron chi connectivity index (χ0n) is 13.9. The van der Waals surface area contributed by atoms with E-state index in [2.05, 4.69) is 56.2 Å². The van der Waals surface area contributed by atoms with Gasteiger partial charge in [0.25, 0.3) is 0 Å². The number of hydrogen-bond donors (Lipinski definition) is 1. The Morgan fingerprint density at radius 1 is 1.24 bits per heavy atom. The number of hydrogen-bond acceptors (Lipinski definition) is 3. The van der Waals surface area contributed by atoms with Gasteiger partial charge >= 0.3 is 0 Å². The van der Waals surface area contributed by atoms with E-state index in [0.29, 0.717) is 6.04 Å². The van der Waals surface area contributed by atoms with Gasteiger partial charge in [-0.15, -0.1) is 0 Å². The van der Waals surface area contributed by atoms with Crippen molar-refractivity contribution in [2.24, 2.45) is 5.92 Å². The molecule has 0 amide bonds. The van der Waals surface area contributed by atoms with E-state index < -0.39 is 0 Å². The monoisotopic (exact) mass is 290 g/mol. The maximum Gasteiger partial charge on any atom is 0.120 e. The first kappa shape index (κ1) is 16.3. The summed E-state index contributed by atoms with van der Waals surface area (Å²) in [6.45, 7) is 9.95. The van der Waals surface area contributed by atoms with Crippen LogP contribution < -0.4 is 10.1 Å². The molecule has 1 N–H and O–H groups in total. The number of likely N-dealkylation sites (tertiary alicyclic amines) is 1. The fourth-order valence-electron chi connectivity index (χ4n) is 2.86. The molecule has 1 aromatic carbocycles. The molecule has 1 saturated heterocycles. The molecule has 0 saturated carbocycles. The van der Waals surface area contributed by atoms with Gasteiger partial charge in [0.1, 0.15) is 5.75 Å². The van der Waals surface area contributed by atoms with Gasteiger partial charge in [-0.3, -0.25) is 0 Å². The molecule has 2 rings (SSSR count). The Kier molecular flexibility index (Phi) is 6.07. The van der Waals surface area contributed by atoms with Crippen molar-refractivity contribution < 1.29 is 4.74 Å². The zero-order valence-corrected chi connectivity index (χ0v) is 13.9. The summed E-state index contributed by atoms with van der Waals surface area (Å²) in [6.07, 6.45) is 2.85. The van der Waals surface area contributed by atoms with Crippen molar-refractivity contribution in [1.29, 1.82) is 0 Å². The van der Waals surface area contributed by atoms with E-state index in [1.165, 1.54) is 31.5 Å². The Morgan fingerprint density at radius 3 is 2.62 bits per heavy atom. The fourth-order valence-corrected chi connectivity index (χ4v) is 2.86. The summed E-state index contributed by atoms with van der Waals surface area (Å²) in [5.41, 5.74) is 1.31. The molecule has 0 aliphatic carbocycles. The third-order valence-corrected chi connectivity index (χ3v) is 4.28. The molecule has 1 heterocycles. The van der Waals surface area contributed by atoms with Gasteiger partial charge in [-0.1, -0.05) is 12.1 Å². The summed E-state index contributed by atoms with van der Waals surface area (Å²) in [6, 6.07) is 8.83. The lowest BCUT2D eigenvalue weighted by atomic mass is 9.96. The van der Waals surface area contributed by atoms with E-state index in [1.54, 1.807) is 0 Å². The third kappa shape index (κ3) is 5.33. The maximum atomic E-state index is 5.78. The van der Waals surface area contributed by atoms with Crippen LogP contribution in [-0.4, -0.2) is 37.7 Å². The van der Waals surface area contributed by atoms with Crippen molar-refractivity contribution in [2.75, 3.05) is 26.7 Å². The summed E-state index contributed by atoms with van der Waals surface area (Å²) in [7, 11) is 2.21. The van der Waals surface area contributed by atoms with Crippen molar-refractivity contribution in [3.63, 3.8) is 0 Å². The topological polar surface area (TPSA) is 24.5 Å². The van der Waals surface area contributed by atoms with Crippen molar-refractivity contribution >= 4 is 0 Å². The van der Waals surface area contributed by atoms with Crippen LogP contribution >= 0.6 is 0 Å². The second-order valence-corrected chi connectivity index (χ2v) is 6.62. The Labute approximate surface area is 129 Å². The standard InChI is InChI=1S/C18H30N2O/c1-14(2)21-18-7-5-6-17(12-18)15(3)19-13-16-8-10-20(4)11-9-16/h5-7,12,14-16,19H,8-11,13H2,1-4H3. The quantitative estimate of drug-likeness (QED) is 0.868. The molecule has 3 nitrogen and oxygen atoms in total. The predicted octanol–water partition coefficient (Wildman–Crippen LogP) is 3.47. The van der Waals surface area contributed by atoms with Gasteiger partial charge in [0.2, 0.25) is 0 Å². The molecule has 118 valence electrons. The highest BCUT2D eigenvalue weighted by Gasteiger charge is 2.17. The normalized spacial score (nSPS) is 18.9. The SMILES string of the molecule is CC(C)Oc1cccc(C(C)NCC2CCN(C)CC2)c1. The van der Waals surface area contributed by atoms with E-state index in [0.717, 1.165) is 18.2 Å². The maximum absolute atomic E-state index is 5.78. The molecule has 1 fully saturated rings. The summed E-state index contributed by atoms with van der Waals surface area (Å²) >= 11 is 0.